The van der Waals surface area contributed by atoms with Crippen LogP contribution in [0.1, 0.15) is 32.1 Å². The molecule has 1 heterocycles. The Morgan fingerprint density at radius 3 is 2.71 bits per heavy atom. The van der Waals surface area contributed by atoms with Crippen molar-refractivity contribution in [2.24, 2.45) is 5.73 Å². The molecule has 0 amide bonds. The van der Waals surface area contributed by atoms with Crippen LogP contribution in [0.25, 0.3) is 0 Å². The van der Waals surface area contributed by atoms with Crippen molar-refractivity contribution in [3.8, 4) is 0 Å². The molecule has 3 heteroatoms. The van der Waals surface area contributed by atoms with Crippen molar-refractivity contribution in [1.82, 2.24) is 4.90 Å². The summed E-state index contributed by atoms with van der Waals surface area (Å²) in [6, 6.07) is 0. The summed E-state index contributed by atoms with van der Waals surface area (Å²) in [7, 11) is 1.81. The van der Waals surface area contributed by atoms with E-state index in [1.807, 2.05) is 7.11 Å². The molecule has 1 saturated heterocycles. The molecule has 0 bridgehead atoms. The average molecular weight is 198 g/mol. The van der Waals surface area contributed by atoms with E-state index in [9.17, 15) is 0 Å². The Kier molecular flexibility index (Phi) is 3.10. The van der Waals surface area contributed by atoms with Crippen LogP contribution >= 0.6 is 0 Å². The van der Waals surface area contributed by atoms with Crippen LogP contribution in [-0.4, -0.2) is 43.3 Å². The van der Waals surface area contributed by atoms with E-state index in [4.69, 9.17) is 10.5 Å². The summed E-state index contributed by atoms with van der Waals surface area (Å²) in [6.45, 7) is 3.32. The number of nitrogens with two attached hydrogens (primary N) is 1. The van der Waals surface area contributed by atoms with Crippen LogP contribution in [0, 0.1) is 0 Å². The highest BCUT2D eigenvalue weighted by Gasteiger charge is 2.33. The second-order valence-electron chi connectivity index (χ2n) is 4.95. The maximum absolute atomic E-state index is 6.34. The Morgan fingerprint density at radius 1 is 1.43 bits per heavy atom. The van der Waals surface area contributed by atoms with Gasteiger partial charge in [0.2, 0.25) is 0 Å². The number of likely N-dealkylation sites (tertiary alicyclic amines) is 1. The van der Waals surface area contributed by atoms with Crippen molar-refractivity contribution < 1.29 is 4.74 Å². The molecule has 0 aromatic heterocycles. The summed E-state index contributed by atoms with van der Waals surface area (Å²) in [5.74, 6) is 0. The number of hydrogen-bond acceptors (Lipinski definition) is 3. The van der Waals surface area contributed by atoms with E-state index in [0.717, 1.165) is 19.6 Å². The minimum atomic E-state index is 0.114. The zero-order chi connectivity index (χ0) is 10.0. The van der Waals surface area contributed by atoms with Crippen LogP contribution in [0.5, 0.6) is 0 Å². The second kappa shape index (κ2) is 4.17. The monoisotopic (exact) mass is 198 g/mol. The lowest BCUT2D eigenvalue weighted by Crippen LogP contribution is -2.47. The molecule has 14 heavy (non-hydrogen) atoms. The predicted molar refractivity (Wildman–Crippen MR) is 57.2 cm³/mol. The molecule has 0 radical (unpaired) electrons. The van der Waals surface area contributed by atoms with E-state index in [1.165, 1.54) is 32.1 Å². The van der Waals surface area contributed by atoms with Gasteiger partial charge in [0.05, 0.1) is 6.10 Å². The van der Waals surface area contributed by atoms with E-state index in [-0.39, 0.29) is 5.54 Å². The van der Waals surface area contributed by atoms with E-state index < -0.39 is 0 Å². The van der Waals surface area contributed by atoms with Crippen LogP contribution in [0.2, 0.25) is 0 Å². The molecule has 1 aliphatic carbocycles. The van der Waals surface area contributed by atoms with Gasteiger partial charge < -0.3 is 10.5 Å². The van der Waals surface area contributed by atoms with Crippen molar-refractivity contribution in [1.29, 1.82) is 0 Å². The van der Waals surface area contributed by atoms with Gasteiger partial charge in [-0.05, 0) is 19.3 Å². The van der Waals surface area contributed by atoms with Gasteiger partial charge in [-0.3, -0.25) is 4.90 Å². The number of nitrogens with zero attached hydrogens (tertiary/aromatic N) is 1. The third-order valence-electron chi connectivity index (χ3n) is 3.70. The van der Waals surface area contributed by atoms with Crippen LogP contribution < -0.4 is 5.73 Å². The van der Waals surface area contributed by atoms with Crippen molar-refractivity contribution in [2.75, 3.05) is 26.7 Å². The number of hydrogen-bond donors (Lipinski definition) is 1. The second-order valence-corrected chi connectivity index (χ2v) is 4.95. The number of rotatable bonds is 3. The van der Waals surface area contributed by atoms with Crippen molar-refractivity contribution in [3.05, 3.63) is 0 Å². The highest BCUT2D eigenvalue weighted by atomic mass is 16.5. The molecule has 2 aliphatic rings. The Balaban J connectivity index is 1.80. The molecule has 0 aromatic rings. The topological polar surface area (TPSA) is 38.5 Å². The van der Waals surface area contributed by atoms with Gasteiger partial charge in [-0.1, -0.05) is 12.8 Å². The summed E-state index contributed by atoms with van der Waals surface area (Å²) in [4.78, 5) is 2.47. The first-order chi connectivity index (χ1) is 6.72. The fourth-order valence-electron chi connectivity index (χ4n) is 2.82. The van der Waals surface area contributed by atoms with Gasteiger partial charge >= 0.3 is 0 Å². The summed E-state index contributed by atoms with van der Waals surface area (Å²) < 4.78 is 5.36. The molecule has 1 saturated carbocycles. The zero-order valence-corrected chi connectivity index (χ0v) is 9.17. The molecular weight excluding hydrogens is 176 g/mol. The molecule has 1 aliphatic heterocycles. The van der Waals surface area contributed by atoms with Gasteiger partial charge in [-0.25, -0.2) is 0 Å². The van der Waals surface area contributed by atoms with E-state index in [0.29, 0.717) is 6.10 Å². The minimum Gasteiger partial charge on any atom is -0.380 e. The highest BCUT2D eigenvalue weighted by molar-refractivity contribution is 4.93. The summed E-state index contributed by atoms with van der Waals surface area (Å²) in [6.07, 6.45) is 6.67. The predicted octanol–water partition coefficient (Wildman–Crippen LogP) is 0.979. The molecule has 82 valence electrons. The van der Waals surface area contributed by atoms with Crippen molar-refractivity contribution in [2.45, 2.75) is 43.7 Å². The standard InChI is InChI=1S/C11H22N2O/c1-14-10-4-7-13(8-10)9-11(12)5-2-3-6-11/h10H,2-9,12H2,1H3. The van der Waals surface area contributed by atoms with Gasteiger partial charge in [-0.15, -0.1) is 0 Å². The normalized spacial score (nSPS) is 32.6. The van der Waals surface area contributed by atoms with E-state index in [1.54, 1.807) is 0 Å². The third-order valence-corrected chi connectivity index (χ3v) is 3.70. The zero-order valence-electron chi connectivity index (χ0n) is 9.17. The molecule has 2 fully saturated rings. The Bertz CT molecular complexity index is 190. The number of ether oxygens (including phenoxy) is 1. The van der Waals surface area contributed by atoms with Gasteiger partial charge in [0.25, 0.3) is 0 Å². The Hall–Kier alpha value is -0.120. The molecule has 2 rings (SSSR count). The van der Waals surface area contributed by atoms with Crippen LogP contribution in [0.4, 0.5) is 0 Å². The quantitative estimate of drug-likeness (QED) is 0.734. The third kappa shape index (κ3) is 2.27. The maximum Gasteiger partial charge on any atom is 0.0710 e. The highest BCUT2D eigenvalue weighted by Crippen LogP contribution is 2.29. The molecule has 3 nitrogen and oxygen atoms in total. The van der Waals surface area contributed by atoms with E-state index >= 15 is 0 Å². The lowest BCUT2D eigenvalue weighted by molar-refractivity contribution is 0.104. The fourth-order valence-corrected chi connectivity index (χ4v) is 2.82. The first-order valence-corrected chi connectivity index (χ1v) is 5.76. The summed E-state index contributed by atoms with van der Waals surface area (Å²) >= 11 is 0. The molecule has 0 spiro atoms. The minimum absolute atomic E-state index is 0.114. The molecule has 1 unspecified atom stereocenters. The van der Waals surface area contributed by atoms with Gasteiger partial charge in [0, 0.05) is 32.3 Å². The lowest BCUT2D eigenvalue weighted by Gasteiger charge is -2.29. The molecule has 1 atom stereocenters. The smallest absolute Gasteiger partial charge is 0.0710 e. The van der Waals surface area contributed by atoms with Crippen molar-refractivity contribution in [3.63, 3.8) is 0 Å². The van der Waals surface area contributed by atoms with Gasteiger partial charge in [-0.2, -0.15) is 0 Å². The first-order valence-electron chi connectivity index (χ1n) is 5.76. The van der Waals surface area contributed by atoms with Crippen molar-refractivity contribution >= 4 is 0 Å². The Morgan fingerprint density at radius 2 is 2.14 bits per heavy atom. The average Bonchev–Trinajstić information content (AvgIpc) is 2.75. The SMILES string of the molecule is COC1CCN(CC2(N)CCCC2)C1. The van der Waals surface area contributed by atoms with Crippen LogP contribution in [0.15, 0.2) is 0 Å². The van der Waals surface area contributed by atoms with Crippen LogP contribution in [0.3, 0.4) is 0 Å². The Labute approximate surface area is 86.6 Å². The first kappa shape index (κ1) is 10.4. The molecular formula is C11H22N2O. The molecule has 0 aromatic carbocycles. The maximum atomic E-state index is 6.34. The lowest BCUT2D eigenvalue weighted by atomic mass is 9.99. The van der Waals surface area contributed by atoms with Gasteiger partial charge in [0.1, 0.15) is 0 Å². The van der Waals surface area contributed by atoms with Gasteiger partial charge in [0.15, 0.2) is 0 Å². The fraction of sp³-hybridized carbons (Fsp3) is 1.00. The van der Waals surface area contributed by atoms with E-state index in [2.05, 4.69) is 4.90 Å². The largest absolute Gasteiger partial charge is 0.380 e. The summed E-state index contributed by atoms with van der Waals surface area (Å²) in [5, 5.41) is 0. The molecule has 2 N–H and O–H groups in total. The number of methoxy groups -OCH3 is 1. The van der Waals surface area contributed by atoms with Crippen LogP contribution in [-0.2, 0) is 4.74 Å². The summed E-state index contributed by atoms with van der Waals surface area (Å²) in [5.41, 5.74) is 6.46.